The fourth-order valence-corrected chi connectivity index (χ4v) is 1.85. The zero-order chi connectivity index (χ0) is 13.8. The Morgan fingerprint density at radius 3 is 2.79 bits per heavy atom. The van der Waals surface area contributed by atoms with E-state index in [-0.39, 0.29) is 18.1 Å². The van der Waals surface area contributed by atoms with Crippen LogP contribution in [0.2, 0.25) is 5.02 Å². The number of nitro groups is 1. The number of benzene rings is 1. The summed E-state index contributed by atoms with van der Waals surface area (Å²) >= 11 is 5.94. The predicted molar refractivity (Wildman–Crippen MR) is 71.0 cm³/mol. The number of nitrogens with zero attached hydrogens (tertiary/aromatic N) is 1. The Labute approximate surface area is 115 Å². The van der Waals surface area contributed by atoms with Crippen molar-refractivity contribution < 1.29 is 9.72 Å². The molecular weight excluding hydrogens is 270 g/mol. The largest absolute Gasteiger partial charge is 0.352 e. The minimum atomic E-state index is -0.494. The number of nitrogens with one attached hydrogen (secondary N) is 2. The van der Waals surface area contributed by atoms with E-state index in [4.69, 9.17) is 11.6 Å². The average Bonchev–Trinajstić information content (AvgIpc) is 3.14. The Kier molecular flexibility index (Phi) is 4.34. The Morgan fingerprint density at radius 2 is 2.21 bits per heavy atom. The second-order valence-corrected chi connectivity index (χ2v) is 4.89. The number of non-ortho nitro benzene ring substituents is 1. The molecule has 1 saturated carbocycles. The van der Waals surface area contributed by atoms with Gasteiger partial charge in [0.2, 0.25) is 5.91 Å². The van der Waals surface area contributed by atoms with Gasteiger partial charge in [0.05, 0.1) is 16.5 Å². The van der Waals surface area contributed by atoms with Crippen LogP contribution in [0.4, 0.5) is 5.69 Å². The number of nitro benzene ring substituents is 1. The second kappa shape index (κ2) is 5.99. The molecule has 0 heterocycles. The highest BCUT2D eigenvalue weighted by Crippen LogP contribution is 2.22. The van der Waals surface area contributed by atoms with Crippen molar-refractivity contribution in [3.05, 3.63) is 38.9 Å². The second-order valence-electron chi connectivity index (χ2n) is 4.48. The molecule has 1 amide bonds. The van der Waals surface area contributed by atoms with Crippen LogP contribution in [-0.4, -0.2) is 23.4 Å². The van der Waals surface area contributed by atoms with E-state index in [0.29, 0.717) is 17.6 Å². The van der Waals surface area contributed by atoms with Crippen molar-refractivity contribution in [1.29, 1.82) is 0 Å². The first-order valence-corrected chi connectivity index (χ1v) is 6.37. The molecule has 0 radical (unpaired) electrons. The van der Waals surface area contributed by atoms with Crippen LogP contribution in [0.5, 0.6) is 0 Å². The summed E-state index contributed by atoms with van der Waals surface area (Å²) in [6.45, 7) is 0.610. The quantitative estimate of drug-likeness (QED) is 0.614. The molecule has 0 unspecified atom stereocenters. The van der Waals surface area contributed by atoms with Crippen molar-refractivity contribution in [1.82, 2.24) is 10.6 Å². The molecule has 1 aliphatic carbocycles. The molecule has 0 spiro atoms. The maximum Gasteiger partial charge on any atom is 0.270 e. The third kappa shape index (κ3) is 4.18. The molecule has 6 nitrogen and oxygen atoms in total. The molecule has 0 saturated heterocycles. The van der Waals surface area contributed by atoms with Gasteiger partial charge in [-0.2, -0.15) is 0 Å². The molecule has 1 aromatic carbocycles. The van der Waals surface area contributed by atoms with E-state index < -0.39 is 4.92 Å². The summed E-state index contributed by atoms with van der Waals surface area (Å²) in [5, 5.41) is 16.7. The molecule has 0 aliphatic heterocycles. The summed E-state index contributed by atoms with van der Waals surface area (Å²) < 4.78 is 0. The van der Waals surface area contributed by atoms with Gasteiger partial charge in [0.1, 0.15) is 0 Å². The molecule has 1 aliphatic rings. The van der Waals surface area contributed by atoms with Gasteiger partial charge in [-0.3, -0.25) is 14.9 Å². The molecule has 1 fully saturated rings. The maximum absolute atomic E-state index is 11.4. The molecule has 0 aromatic heterocycles. The van der Waals surface area contributed by atoms with E-state index in [2.05, 4.69) is 10.6 Å². The lowest BCUT2D eigenvalue weighted by Crippen LogP contribution is -2.34. The molecular formula is C12H14ClN3O3. The van der Waals surface area contributed by atoms with Gasteiger partial charge >= 0.3 is 0 Å². The smallest absolute Gasteiger partial charge is 0.270 e. The highest BCUT2D eigenvalue weighted by molar-refractivity contribution is 6.31. The lowest BCUT2D eigenvalue weighted by molar-refractivity contribution is -0.384. The Balaban J connectivity index is 1.81. The van der Waals surface area contributed by atoms with Gasteiger partial charge in [0.25, 0.3) is 5.69 Å². The van der Waals surface area contributed by atoms with Crippen LogP contribution in [-0.2, 0) is 11.3 Å². The van der Waals surface area contributed by atoms with Gasteiger partial charge in [0, 0.05) is 24.7 Å². The monoisotopic (exact) mass is 283 g/mol. The van der Waals surface area contributed by atoms with Gasteiger partial charge < -0.3 is 10.6 Å². The minimum absolute atomic E-state index is 0.0412. The standard InChI is InChI=1S/C12H14ClN3O3/c13-11-5-10(16(18)19)4-1-8(11)6-14-7-12(17)15-9-2-3-9/h1,4-5,9,14H,2-3,6-7H2,(H,15,17). The van der Waals surface area contributed by atoms with E-state index >= 15 is 0 Å². The predicted octanol–water partition coefficient (Wildman–Crippen LogP) is 1.62. The highest BCUT2D eigenvalue weighted by atomic mass is 35.5. The van der Waals surface area contributed by atoms with Crippen LogP contribution in [0.25, 0.3) is 0 Å². The number of amides is 1. The third-order valence-corrected chi connectivity index (χ3v) is 3.14. The van der Waals surface area contributed by atoms with Crippen molar-refractivity contribution >= 4 is 23.2 Å². The van der Waals surface area contributed by atoms with Crippen LogP contribution >= 0.6 is 11.6 Å². The van der Waals surface area contributed by atoms with Crippen molar-refractivity contribution in [3.63, 3.8) is 0 Å². The highest BCUT2D eigenvalue weighted by Gasteiger charge is 2.22. The van der Waals surface area contributed by atoms with Gasteiger partial charge in [-0.15, -0.1) is 0 Å². The van der Waals surface area contributed by atoms with Crippen molar-refractivity contribution in [2.75, 3.05) is 6.54 Å². The Bertz CT molecular complexity index is 503. The van der Waals surface area contributed by atoms with Crippen LogP contribution in [0.3, 0.4) is 0 Å². The normalized spacial score (nSPS) is 14.2. The fourth-order valence-electron chi connectivity index (χ4n) is 1.61. The van der Waals surface area contributed by atoms with E-state index in [1.165, 1.54) is 12.1 Å². The summed E-state index contributed by atoms with van der Waals surface area (Å²) in [5.74, 6) is -0.0412. The van der Waals surface area contributed by atoms with Crippen LogP contribution < -0.4 is 10.6 Å². The van der Waals surface area contributed by atoms with Crippen LogP contribution in [0, 0.1) is 10.1 Å². The van der Waals surface area contributed by atoms with Gasteiger partial charge in [-0.05, 0) is 24.5 Å². The SMILES string of the molecule is O=C(CNCc1ccc([N+](=O)[O-])cc1Cl)NC1CC1. The zero-order valence-electron chi connectivity index (χ0n) is 10.2. The van der Waals surface area contributed by atoms with Gasteiger partial charge in [0.15, 0.2) is 0 Å². The summed E-state index contributed by atoms with van der Waals surface area (Å²) in [5.41, 5.74) is 0.687. The molecule has 0 bridgehead atoms. The topological polar surface area (TPSA) is 84.3 Å². The molecule has 2 N–H and O–H groups in total. The summed E-state index contributed by atoms with van der Waals surface area (Å²) in [4.78, 5) is 21.5. The first-order valence-electron chi connectivity index (χ1n) is 5.99. The van der Waals surface area contributed by atoms with Gasteiger partial charge in [-0.25, -0.2) is 0 Å². The van der Waals surface area contributed by atoms with Crippen molar-refractivity contribution in [2.24, 2.45) is 0 Å². The maximum atomic E-state index is 11.4. The number of rotatable bonds is 6. The summed E-state index contributed by atoms with van der Waals surface area (Å²) in [6, 6.07) is 4.64. The van der Waals surface area contributed by atoms with Gasteiger partial charge in [-0.1, -0.05) is 11.6 Å². The molecule has 0 atom stereocenters. The summed E-state index contributed by atoms with van der Waals surface area (Å²) in [6.07, 6.45) is 2.11. The lowest BCUT2D eigenvalue weighted by Gasteiger charge is -2.07. The molecule has 7 heteroatoms. The number of hydrogen-bond acceptors (Lipinski definition) is 4. The zero-order valence-corrected chi connectivity index (χ0v) is 10.9. The first kappa shape index (κ1) is 13.8. The van der Waals surface area contributed by atoms with E-state index in [1.807, 2.05) is 0 Å². The fraction of sp³-hybridized carbons (Fsp3) is 0.417. The third-order valence-electron chi connectivity index (χ3n) is 2.79. The first-order chi connectivity index (χ1) is 9.06. The molecule has 2 rings (SSSR count). The van der Waals surface area contributed by atoms with Crippen LogP contribution in [0.1, 0.15) is 18.4 Å². The van der Waals surface area contributed by atoms with Crippen LogP contribution in [0.15, 0.2) is 18.2 Å². The Morgan fingerprint density at radius 1 is 1.47 bits per heavy atom. The lowest BCUT2D eigenvalue weighted by atomic mass is 10.2. The number of carbonyl (C=O) groups is 1. The van der Waals surface area contributed by atoms with Crippen molar-refractivity contribution in [3.8, 4) is 0 Å². The summed E-state index contributed by atoms with van der Waals surface area (Å²) in [7, 11) is 0. The number of carbonyl (C=O) groups excluding carboxylic acids is 1. The number of hydrogen-bond donors (Lipinski definition) is 2. The van der Waals surface area contributed by atoms with E-state index in [1.54, 1.807) is 6.07 Å². The minimum Gasteiger partial charge on any atom is -0.352 e. The van der Waals surface area contributed by atoms with E-state index in [0.717, 1.165) is 18.4 Å². The average molecular weight is 284 g/mol. The van der Waals surface area contributed by atoms with E-state index in [9.17, 15) is 14.9 Å². The van der Waals surface area contributed by atoms with Crippen molar-refractivity contribution in [2.45, 2.75) is 25.4 Å². The number of halogens is 1. The Hall–Kier alpha value is -1.66. The molecule has 19 heavy (non-hydrogen) atoms. The molecule has 102 valence electrons. The molecule has 1 aromatic rings.